The van der Waals surface area contributed by atoms with Crippen molar-refractivity contribution in [2.45, 2.75) is 6.54 Å². The number of ether oxygens (including phenoxy) is 3. The van der Waals surface area contributed by atoms with Crippen LogP contribution in [0.4, 0.5) is 5.69 Å². The zero-order valence-electron chi connectivity index (χ0n) is 14.7. The van der Waals surface area contributed by atoms with Gasteiger partial charge in [-0.3, -0.25) is 4.79 Å². The molecule has 1 amide bonds. The standard InChI is InChI=1S/C19H19ClN2O5/c1-22(10-12-2-5-16-17(8-12)26-7-6-25-16)18(23)11-27-19(24)14-4-3-13(20)9-15(14)21/h2-5,8-9H,6-7,10-11,21H2,1H3. The molecule has 0 atom stereocenters. The molecule has 0 saturated carbocycles. The number of halogens is 1. The molecule has 0 aliphatic carbocycles. The van der Waals surface area contributed by atoms with Crippen molar-refractivity contribution < 1.29 is 23.8 Å². The van der Waals surface area contributed by atoms with Crippen LogP contribution in [0.5, 0.6) is 11.5 Å². The number of hydrogen-bond donors (Lipinski definition) is 1. The van der Waals surface area contributed by atoms with Crippen molar-refractivity contribution >= 4 is 29.2 Å². The van der Waals surface area contributed by atoms with Gasteiger partial charge in [-0.15, -0.1) is 0 Å². The summed E-state index contributed by atoms with van der Waals surface area (Å²) < 4.78 is 16.1. The highest BCUT2D eigenvalue weighted by Crippen LogP contribution is 2.31. The van der Waals surface area contributed by atoms with Crippen molar-refractivity contribution in [3.8, 4) is 11.5 Å². The molecular formula is C19H19ClN2O5. The molecule has 2 N–H and O–H groups in total. The maximum Gasteiger partial charge on any atom is 0.340 e. The van der Waals surface area contributed by atoms with Crippen LogP contribution in [0, 0.1) is 0 Å². The lowest BCUT2D eigenvalue weighted by atomic mass is 10.2. The highest BCUT2D eigenvalue weighted by atomic mass is 35.5. The summed E-state index contributed by atoms with van der Waals surface area (Å²) in [5.74, 6) is 0.328. The highest BCUT2D eigenvalue weighted by molar-refractivity contribution is 6.31. The molecule has 2 aromatic rings. The number of carbonyl (C=O) groups excluding carboxylic acids is 2. The van der Waals surface area contributed by atoms with Crippen molar-refractivity contribution in [1.29, 1.82) is 0 Å². The second-order valence-electron chi connectivity index (χ2n) is 6.04. The summed E-state index contributed by atoms with van der Waals surface area (Å²) >= 11 is 5.80. The van der Waals surface area contributed by atoms with Gasteiger partial charge in [0.25, 0.3) is 5.91 Å². The van der Waals surface area contributed by atoms with Crippen LogP contribution < -0.4 is 15.2 Å². The van der Waals surface area contributed by atoms with Gasteiger partial charge >= 0.3 is 5.97 Å². The molecular weight excluding hydrogens is 372 g/mol. The Kier molecular flexibility index (Phi) is 5.71. The molecule has 1 heterocycles. The third-order valence-corrected chi connectivity index (χ3v) is 4.25. The van der Waals surface area contributed by atoms with Gasteiger partial charge < -0.3 is 24.8 Å². The normalized spacial score (nSPS) is 12.4. The number of esters is 1. The molecule has 0 fully saturated rings. The Morgan fingerprint density at radius 3 is 2.63 bits per heavy atom. The summed E-state index contributed by atoms with van der Waals surface area (Å²) in [6.07, 6.45) is 0. The van der Waals surface area contributed by atoms with Crippen molar-refractivity contribution in [3.63, 3.8) is 0 Å². The zero-order valence-corrected chi connectivity index (χ0v) is 15.5. The van der Waals surface area contributed by atoms with E-state index in [1.807, 2.05) is 18.2 Å². The molecule has 0 saturated heterocycles. The fourth-order valence-electron chi connectivity index (χ4n) is 2.58. The number of benzene rings is 2. The Labute approximate surface area is 161 Å². The Morgan fingerprint density at radius 1 is 1.15 bits per heavy atom. The van der Waals surface area contributed by atoms with E-state index in [9.17, 15) is 9.59 Å². The maximum atomic E-state index is 12.3. The summed E-state index contributed by atoms with van der Waals surface area (Å²) in [5.41, 5.74) is 6.99. The van der Waals surface area contributed by atoms with Crippen molar-refractivity contribution in [3.05, 3.63) is 52.5 Å². The van der Waals surface area contributed by atoms with Crippen molar-refractivity contribution in [2.75, 3.05) is 32.6 Å². The van der Waals surface area contributed by atoms with Crippen molar-refractivity contribution in [2.24, 2.45) is 0 Å². The Balaban J connectivity index is 1.55. The van der Waals surface area contributed by atoms with E-state index in [1.54, 1.807) is 7.05 Å². The molecule has 8 heteroatoms. The molecule has 27 heavy (non-hydrogen) atoms. The lowest BCUT2D eigenvalue weighted by Crippen LogP contribution is -2.31. The van der Waals surface area contributed by atoms with E-state index in [4.69, 9.17) is 31.5 Å². The highest BCUT2D eigenvalue weighted by Gasteiger charge is 2.17. The number of amides is 1. The smallest absolute Gasteiger partial charge is 0.340 e. The monoisotopic (exact) mass is 390 g/mol. The number of carbonyl (C=O) groups is 2. The van der Waals surface area contributed by atoms with Crippen LogP contribution in [0.15, 0.2) is 36.4 Å². The van der Waals surface area contributed by atoms with Gasteiger partial charge in [-0.05, 0) is 35.9 Å². The van der Waals surface area contributed by atoms with Gasteiger partial charge in [0.15, 0.2) is 18.1 Å². The molecule has 0 radical (unpaired) electrons. The Hall–Kier alpha value is -2.93. The minimum atomic E-state index is -0.676. The first-order valence-electron chi connectivity index (χ1n) is 8.28. The summed E-state index contributed by atoms with van der Waals surface area (Å²) in [6, 6.07) is 9.95. The lowest BCUT2D eigenvalue weighted by Gasteiger charge is -2.21. The van der Waals surface area contributed by atoms with E-state index in [0.717, 1.165) is 5.56 Å². The SMILES string of the molecule is CN(Cc1ccc2c(c1)OCCO2)C(=O)COC(=O)c1ccc(Cl)cc1N. The number of hydrogen-bond acceptors (Lipinski definition) is 6. The minimum absolute atomic E-state index is 0.168. The van der Waals surface area contributed by atoms with Crippen LogP contribution in [0.3, 0.4) is 0 Å². The Morgan fingerprint density at radius 2 is 1.89 bits per heavy atom. The molecule has 1 aliphatic heterocycles. The number of nitrogens with two attached hydrogens (primary N) is 1. The number of rotatable bonds is 5. The summed E-state index contributed by atoms with van der Waals surface area (Å²) in [5, 5.41) is 0.416. The average Bonchev–Trinajstić information content (AvgIpc) is 2.65. The minimum Gasteiger partial charge on any atom is -0.486 e. The topological polar surface area (TPSA) is 91.1 Å². The van der Waals surface area contributed by atoms with Gasteiger partial charge in [-0.2, -0.15) is 0 Å². The first-order chi connectivity index (χ1) is 12.9. The quantitative estimate of drug-likeness (QED) is 0.623. The molecule has 0 spiro atoms. The van der Waals surface area contributed by atoms with E-state index in [0.29, 0.717) is 36.3 Å². The van der Waals surface area contributed by atoms with Gasteiger partial charge in [-0.1, -0.05) is 17.7 Å². The molecule has 0 aromatic heterocycles. The number of likely N-dealkylation sites (N-methyl/N-ethyl adjacent to an activating group) is 1. The van der Waals surface area contributed by atoms with Crippen LogP contribution in [-0.4, -0.2) is 43.6 Å². The third-order valence-electron chi connectivity index (χ3n) is 4.01. The summed E-state index contributed by atoms with van der Waals surface area (Å²) in [4.78, 5) is 25.8. The predicted molar refractivity (Wildman–Crippen MR) is 100 cm³/mol. The molecule has 7 nitrogen and oxygen atoms in total. The fraction of sp³-hybridized carbons (Fsp3) is 0.263. The van der Waals surface area contributed by atoms with Gasteiger partial charge in [0.05, 0.1) is 5.56 Å². The zero-order chi connectivity index (χ0) is 19.4. The van der Waals surface area contributed by atoms with E-state index in [-0.39, 0.29) is 23.8 Å². The van der Waals surface area contributed by atoms with Gasteiger partial charge in [-0.25, -0.2) is 4.79 Å². The van der Waals surface area contributed by atoms with E-state index < -0.39 is 5.97 Å². The predicted octanol–water partition coefficient (Wildman–Crippen LogP) is 2.51. The molecule has 1 aliphatic rings. The van der Waals surface area contributed by atoms with Gasteiger partial charge in [0.1, 0.15) is 13.2 Å². The van der Waals surface area contributed by atoms with E-state index >= 15 is 0 Å². The summed E-state index contributed by atoms with van der Waals surface area (Å²) in [6.45, 7) is 0.974. The van der Waals surface area contributed by atoms with E-state index in [2.05, 4.69) is 0 Å². The maximum absolute atomic E-state index is 12.3. The van der Waals surface area contributed by atoms with Crippen LogP contribution in [0.2, 0.25) is 5.02 Å². The molecule has 0 bridgehead atoms. The summed E-state index contributed by atoms with van der Waals surface area (Å²) in [7, 11) is 1.63. The average molecular weight is 391 g/mol. The first kappa shape index (κ1) is 18.8. The van der Waals surface area contributed by atoms with Gasteiger partial charge in [0.2, 0.25) is 0 Å². The molecule has 3 rings (SSSR count). The number of nitrogens with zero attached hydrogens (tertiary/aromatic N) is 1. The molecule has 142 valence electrons. The van der Waals surface area contributed by atoms with Crippen LogP contribution in [0.1, 0.15) is 15.9 Å². The molecule has 2 aromatic carbocycles. The fourth-order valence-corrected chi connectivity index (χ4v) is 2.76. The van der Waals surface area contributed by atoms with Crippen molar-refractivity contribution in [1.82, 2.24) is 4.90 Å². The second kappa shape index (κ2) is 8.18. The largest absolute Gasteiger partial charge is 0.486 e. The molecule has 0 unspecified atom stereocenters. The first-order valence-corrected chi connectivity index (χ1v) is 8.66. The lowest BCUT2D eigenvalue weighted by molar-refractivity contribution is -0.133. The number of fused-ring (bicyclic) bond motifs is 1. The number of anilines is 1. The van der Waals surface area contributed by atoms with Gasteiger partial charge in [0, 0.05) is 24.3 Å². The van der Waals surface area contributed by atoms with Crippen LogP contribution in [-0.2, 0) is 16.1 Å². The van der Waals surface area contributed by atoms with Crippen LogP contribution >= 0.6 is 11.6 Å². The number of nitrogen functional groups attached to an aromatic ring is 1. The van der Waals surface area contributed by atoms with E-state index in [1.165, 1.54) is 23.1 Å². The second-order valence-corrected chi connectivity index (χ2v) is 6.47. The van der Waals surface area contributed by atoms with Crippen LogP contribution in [0.25, 0.3) is 0 Å². The Bertz CT molecular complexity index is 871. The third kappa shape index (κ3) is 4.62.